The average molecular weight is 196 g/mol. The first-order valence-electron chi connectivity index (χ1n) is 3.68. The Morgan fingerprint density at radius 2 is 2.09 bits per heavy atom. The first kappa shape index (κ1) is 11.3. The minimum atomic E-state index is 0.109. The molecule has 1 nitrogen and oxygen atoms in total. The van der Waals surface area contributed by atoms with Gasteiger partial charge in [0.15, 0.2) is 0 Å². The molecule has 0 heterocycles. The summed E-state index contributed by atoms with van der Waals surface area (Å²) in [5.74, 6) is 0.685. The summed E-state index contributed by atoms with van der Waals surface area (Å²) in [5.41, 5.74) is 1.63. The van der Waals surface area contributed by atoms with Crippen LogP contribution in [-0.4, -0.2) is 18.0 Å². The zero-order valence-corrected chi connectivity index (χ0v) is 8.54. The molecule has 1 N–H and O–H groups in total. The fourth-order valence-corrected chi connectivity index (χ4v) is 1.27. The van der Waals surface area contributed by atoms with E-state index < -0.39 is 0 Å². The Balaban J connectivity index is 3.54. The van der Waals surface area contributed by atoms with Crippen LogP contribution in [0.2, 0.25) is 0 Å². The molecule has 3 heteroatoms. The molecule has 0 aromatic heterocycles. The van der Waals surface area contributed by atoms with Crippen LogP contribution in [0.4, 0.5) is 0 Å². The van der Waals surface area contributed by atoms with Crippen LogP contribution in [0.5, 0.6) is 0 Å². The van der Waals surface area contributed by atoms with Crippen molar-refractivity contribution in [3.05, 3.63) is 11.6 Å². The smallest absolute Gasteiger partial charge is 0.0240 e. The third-order valence-electron chi connectivity index (χ3n) is 1.51. The first-order chi connectivity index (χ1) is 5.12. The van der Waals surface area contributed by atoms with Crippen LogP contribution in [-0.2, 0) is 0 Å². The van der Waals surface area contributed by atoms with Gasteiger partial charge in [-0.2, -0.15) is 0 Å². The highest BCUT2D eigenvalue weighted by molar-refractivity contribution is 6.25. The standard InChI is InChI=1S/C8H15Cl2N/c1-8(2,4-6-10)11-7-3-5-9/h3,5,11H,4,6-7H2,1-2H3/b5-3+. The summed E-state index contributed by atoms with van der Waals surface area (Å²) in [7, 11) is 0. The van der Waals surface area contributed by atoms with Gasteiger partial charge in [0.2, 0.25) is 0 Å². The fourth-order valence-electron chi connectivity index (χ4n) is 0.704. The van der Waals surface area contributed by atoms with E-state index in [0.29, 0.717) is 5.88 Å². The number of hydrogen-bond acceptors (Lipinski definition) is 1. The fraction of sp³-hybridized carbons (Fsp3) is 0.750. The molecular weight excluding hydrogens is 181 g/mol. The predicted octanol–water partition coefficient (Wildman–Crippen LogP) is 2.74. The SMILES string of the molecule is CC(C)(CCCl)NC/C=C/Cl. The van der Waals surface area contributed by atoms with Crippen LogP contribution in [0.25, 0.3) is 0 Å². The molecule has 0 aromatic rings. The van der Waals surface area contributed by atoms with Crippen molar-refractivity contribution in [2.45, 2.75) is 25.8 Å². The van der Waals surface area contributed by atoms with E-state index in [4.69, 9.17) is 23.2 Å². The van der Waals surface area contributed by atoms with Gasteiger partial charge in [-0.25, -0.2) is 0 Å². The van der Waals surface area contributed by atoms with Crippen molar-refractivity contribution in [2.24, 2.45) is 0 Å². The Hall–Kier alpha value is 0.280. The molecule has 0 atom stereocenters. The summed E-state index contributed by atoms with van der Waals surface area (Å²) in [6.45, 7) is 5.04. The van der Waals surface area contributed by atoms with E-state index in [1.54, 1.807) is 0 Å². The lowest BCUT2D eigenvalue weighted by Crippen LogP contribution is -2.39. The zero-order chi connectivity index (χ0) is 8.74. The van der Waals surface area contributed by atoms with E-state index in [2.05, 4.69) is 19.2 Å². The summed E-state index contributed by atoms with van der Waals surface area (Å²) in [4.78, 5) is 0. The summed E-state index contributed by atoms with van der Waals surface area (Å²) in [6, 6.07) is 0. The van der Waals surface area contributed by atoms with E-state index in [0.717, 1.165) is 13.0 Å². The minimum absolute atomic E-state index is 0.109. The lowest BCUT2D eigenvalue weighted by molar-refractivity contribution is 0.397. The second kappa shape index (κ2) is 5.87. The van der Waals surface area contributed by atoms with Crippen LogP contribution >= 0.6 is 23.2 Å². The van der Waals surface area contributed by atoms with Gasteiger partial charge in [0, 0.05) is 23.5 Å². The lowest BCUT2D eigenvalue weighted by Gasteiger charge is -2.24. The molecule has 66 valence electrons. The molecular formula is C8H15Cl2N. The molecule has 11 heavy (non-hydrogen) atoms. The van der Waals surface area contributed by atoms with Crippen molar-refractivity contribution in [2.75, 3.05) is 12.4 Å². The second-order valence-electron chi connectivity index (χ2n) is 3.07. The van der Waals surface area contributed by atoms with Gasteiger partial charge < -0.3 is 5.32 Å². The Kier molecular flexibility index (Phi) is 6.02. The number of rotatable bonds is 5. The number of alkyl halides is 1. The third-order valence-corrected chi connectivity index (χ3v) is 1.87. The summed E-state index contributed by atoms with van der Waals surface area (Å²) in [5, 5.41) is 3.31. The van der Waals surface area contributed by atoms with Crippen LogP contribution in [0.3, 0.4) is 0 Å². The van der Waals surface area contributed by atoms with Crippen molar-refractivity contribution in [1.29, 1.82) is 0 Å². The van der Waals surface area contributed by atoms with Crippen molar-refractivity contribution in [3.63, 3.8) is 0 Å². The van der Waals surface area contributed by atoms with Crippen molar-refractivity contribution in [1.82, 2.24) is 5.32 Å². The van der Waals surface area contributed by atoms with Crippen LogP contribution in [0.15, 0.2) is 11.6 Å². The van der Waals surface area contributed by atoms with Crippen molar-refractivity contribution >= 4 is 23.2 Å². The third kappa shape index (κ3) is 6.67. The molecule has 0 amide bonds. The van der Waals surface area contributed by atoms with Gasteiger partial charge in [-0.15, -0.1) is 11.6 Å². The molecule has 0 saturated heterocycles. The highest BCUT2D eigenvalue weighted by atomic mass is 35.5. The zero-order valence-electron chi connectivity index (χ0n) is 7.03. The maximum absolute atomic E-state index is 5.61. The molecule has 0 radical (unpaired) electrons. The highest BCUT2D eigenvalue weighted by Gasteiger charge is 2.13. The number of nitrogens with one attached hydrogen (secondary N) is 1. The molecule has 0 saturated carbocycles. The normalized spacial score (nSPS) is 12.7. The monoisotopic (exact) mass is 195 g/mol. The van der Waals surface area contributed by atoms with Gasteiger partial charge in [0.1, 0.15) is 0 Å². The Bertz CT molecular complexity index is 121. The maximum atomic E-state index is 5.61. The topological polar surface area (TPSA) is 12.0 Å². The Morgan fingerprint density at radius 3 is 2.55 bits per heavy atom. The Labute approximate surface area is 78.8 Å². The number of hydrogen-bond donors (Lipinski definition) is 1. The molecule has 0 unspecified atom stereocenters. The second-order valence-corrected chi connectivity index (χ2v) is 3.70. The molecule has 0 aliphatic carbocycles. The van der Waals surface area contributed by atoms with Crippen molar-refractivity contribution < 1.29 is 0 Å². The predicted molar refractivity (Wildman–Crippen MR) is 52.4 cm³/mol. The largest absolute Gasteiger partial charge is 0.308 e. The van der Waals surface area contributed by atoms with E-state index in [1.165, 1.54) is 5.54 Å². The maximum Gasteiger partial charge on any atom is 0.0240 e. The van der Waals surface area contributed by atoms with Gasteiger partial charge in [-0.05, 0) is 20.3 Å². The highest BCUT2D eigenvalue weighted by Crippen LogP contribution is 2.08. The molecule has 0 aliphatic heterocycles. The van der Waals surface area contributed by atoms with Crippen LogP contribution in [0.1, 0.15) is 20.3 Å². The summed E-state index contributed by atoms with van der Waals surface area (Å²) in [6.07, 6.45) is 2.84. The summed E-state index contributed by atoms with van der Waals surface area (Å²) < 4.78 is 0. The average Bonchev–Trinajstić information content (AvgIpc) is 1.87. The van der Waals surface area contributed by atoms with Crippen LogP contribution in [0, 0.1) is 0 Å². The number of halogens is 2. The van der Waals surface area contributed by atoms with Gasteiger partial charge >= 0.3 is 0 Å². The van der Waals surface area contributed by atoms with E-state index >= 15 is 0 Å². The molecule has 0 aromatic carbocycles. The van der Waals surface area contributed by atoms with E-state index in [-0.39, 0.29) is 5.54 Å². The van der Waals surface area contributed by atoms with E-state index in [9.17, 15) is 0 Å². The Morgan fingerprint density at radius 1 is 1.45 bits per heavy atom. The molecule has 0 rings (SSSR count). The summed E-state index contributed by atoms with van der Waals surface area (Å²) >= 11 is 11.0. The van der Waals surface area contributed by atoms with Gasteiger partial charge in [-0.3, -0.25) is 0 Å². The first-order valence-corrected chi connectivity index (χ1v) is 4.66. The molecule has 0 spiro atoms. The molecule has 0 fully saturated rings. The van der Waals surface area contributed by atoms with Gasteiger partial charge in [-0.1, -0.05) is 17.7 Å². The lowest BCUT2D eigenvalue weighted by atomic mass is 10.0. The quantitative estimate of drug-likeness (QED) is 0.666. The van der Waals surface area contributed by atoms with Gasteiger partial charge in [0.25, 0.3) is 0 Å². The molecule has 0 aliphatic rings. The van der Waals surface area contributed by atoms with Crippen molar-refractivity contribution in [3.8, 4) is 0 Å². The van der Waals surface area contributed by atoms with E-state index in [1.807, 2.05) is 6.08 Å². The van der Waals surface area contributed by atoms with Crippen LogP contribution < -0.4 is 5.32 Å². The van der Waals surface area contributed by atoms with Gasteiger partial charge in [0.05, 0.1) is 0 Å². The minimum Gasteiger partial charge on any atom is -0.308 e. The molecule has 0 bridgehead atoms.